The maximum Gasteiger partial charge on any atom is 0.294 e. The second-order valence-corrected chi connectivity index (χ2v) is 5.78. The van der Waals surface area contributed by atoms with Crippen LogP contribution in [0.25, 0.3) is 16.7 Å². The normalized spacial score (nSPS) is 11.5. The number of aldehydes is 1. The Kier molecular flexibility index (Phi) is 4.69. The Morgan fingerprint density at radius 1 is 1.20 bits per heavy atom. The Balaban J connectivity index is 1.95. The molecule has 0 atom stereocenters. The zero-order valence-electron chi connectivity index (χ0n) is 12.4. The first-order valence-electron chi connectivity index (χ1n) is 6.90. The summed E-state index contributed by atoms with van der Waals surface area (Å²) in [6.45, 7) is 0. The van der Waals surface area contributed by atoms with Gasteiger partial charge in [-0.05, 0) is 30.3 Å². The minimum absolute atomic E-state index is 0.0661. The third kappa shape index (κ3) is 3.62. The molecule has 3 rings (SSSR count). The van der Waals surface area contributed by atoms with Crippen LogP contribution in [0, 0.1) is 10.1 Å². The number of anilines is 1. The number of nitrogens with one attached hydrogen (secondary N) is 1. The van der Waals surface area contributed by atoms with Crippen molar-refractivity contribution >= 4 is 57.5 Å². The number of halogens is 2. The molecule has 3 aromatic rings. The van der Waals surface area contributed by atoms with Gasteiger partial charge in [-0.3, -0.25) is 14.9 Å². The molecule has 0 saturated carbocycles. The van der Waals surface area contributed by atoms with E-state index in [0.717, 1.165) is 0 Å². The molecule has 7 nitrogen and oxygen atoms in total. The molecule has 0 spiro atoms. The summed E-state index contributed by atoms with van der Waals surface area (Å²) in [6.07, 6.45) is 1.80. The lowest BCUT2D eigenvalue weighted by atomic mass is 10.2. The molecule has 1 N–H and O–H groups in total. The van der Waals surface area contributed by atoms with E-state index in [1.165, 1.54) is 24.4 Å². The molecule has 0 bridgehead atoms. The number of rotatable bonds is 5. The summed E-state index contributed by atoms with van der Waals surface area (Å²) in [5.74, 6) is 0.0661. The Bertz CT molecular complexity index is 1010. The first-order valence-corrected chi connectivity index (χ1v) is 7.66. The molecule has 1 heterocycles. The number of hydrogen-bond donors (Lipinski definition) is 1. The third-order valence-corrected chi connectivity index (χ3v) is 3.73. The molecule has 0 aliphatic carbocycles. The first-order chi connectivity index (χ1) is 12.0. The van der Waals surface area contributed by atoms with E-state index in [1.807, 2.05) is 0 Å². The van der Waals surface area contributed by atoms with Crippen LogP contribution in [-0.4, -0.2) is 16.2 Å². The van der Waals surface area contributed by atoms with Gasteiger partial charge in [0.2, 0.25) is 5.89 Å². The van der Waals surface area contributed by atoms with Crippen molar-refractivity contribution in [3.63, 3.8) is 0 Å². The van der Waals surface area contributed by atoms with E-state index in [0.29, 0.717) is 22.4 Å². The van der Waals surface area contributed by atoms with Crippen LogP contribution < -0.4 is 5.32 Å². The molecule has 0 radical (unpaired) electrons. The van der Waals surface area contributed by atoms with Gasteiger partial charge in [-0.25, -0.2) is 4.98 Å². The van der Waals surface area contributed by atoms with Gasteiger partial charge in [-0.15, -0.1) is 0 Å². The van der Waals surface area contributed by atoms with Crippen LogP contribution in [-0.2, 0) is 4.79 Å². The van der Waals surface area contributed by atoms with E-state index in [4.69, 9.17) is 27.6 Å². The summed E-state index contributed by atoms with van der Waals surface area (Å²) < 4.78 is 5.50. The highest BCUT2D eigenvalue weighted by Crippen LogP contribution is 2.28. The molecular weight excluding hydrogens is 369 g/mol. The number of nitrogens with zero attached hydrogens (tertiary/aromatic N) is 2. The molecule has 0 amide bonds. The Hall–Kier alpha value is -2.90. The lowest BCUT2D eigenvalue weighted by molar-refractivity contribution is -0.383. The number of oxazole rings is 1. The van der Waals surface area contributed by atoms with Gasteiger partial charge in [-0.2, -0.15) is 0 Å². The highest BCUT2D eigenvalue weighted by molar-refractivity contribution is 6.31. The number of benzene rings is 2. The summed E-state index contributed by atoms with van der Waals surface area (Å²) in [6, 6.07) is 9.01. The predicted molar refractivity (Wildman–Crippen MR) is 94.8 cm³/mol. The molecule has 25 heavy (non-hydrogen) atoms. The van der Waals surface area contributed by atoms with Crippen molar-refractivity contribution in [2.75, 3.05) is 5.32 Å². The minimum atomic E-state index is -0.579. The molecule has 0 aliphatic heterocycles. The van der Waals surface area contributed by atoms with Gasteiger partial charge in [0, 0.05) is 22.3 Å². The number of carbonyl (C=O) groups excluding carboxylic acids is 1. The molecule has 0 fully saturated rings. The zero-order valence-corrected chi connectivity index (χ0v) is 13.9. The SMILES string of the molecule is O=C/C(=C\Nc1ccc(Cl)cc1[N+](=O)[O-])c1nc2cc(Cl)ccc2o1. The van der Waals surface area contributed by atoms with Gasteiger partial charge in [0.25, 0.3) is 5.69 Å². The first kappa shape index (κ1) is 16.9. The van der Waals surface area contributed by atoms with Gasteiger partial charge < -0.3 is 9.73 Å². The summed E-state index contributed by atoms with van der Waals surface area (Å²) in [4.78, 5) is 26.0. The molecular formula is C16H9Cl2N3O4. The third-order valence-electron chi connectivity index (χ3n) is 3.26. The van der Waals surface area contributed by atoms with Crippen LogP contribution in [0.1, 0.15) is 5.89 Å². The predicted octanol–water partition coefficient (Wildman–Crippen LogP) is 4.69. The molecule has 0 saturated heterocycles. The van der Waals surface area contributed by atoms with Crippen LogP contribution in [0.3, 0.4) is 0 Å². The van der Waals surface area contributed by atoms with Crippen LogP contribution in [0.2, 0.25) is 10.0 Å². The number of nitro groups is 1. The van der Waals surface area contributed by atoms with E-state index >= 15 is 0 Å². The summed E-state index contributed by atoms with van der Waals surface area (Å²) in [7, 11) is 0. The van der Waals surface area contributed by atoms with Gasteiger partial charge in [0.05, 0.1) is 10.5 Å². The zero-order chi connectivity index (χ0) is 18.0. The van der Waals surface area contributed by atoms with Crippen molar-refractivity contribution < 1.29 is 14.1 Å². The number of fused-ring (bicyclic) bond motifs is 1. The number of allylic oxidation sites excluding steroid dienone is 1. The Morgan fingerprint density at radius 2 is 1.92 bits per heavy atom. The largest absolute Gasteiger partial charge is 0.436 e. The average Bonchev–Trinajstić information content (AvgIpc) is 2.99. The molecule has 0 aliphatic rings. The summed E-state index contributed by atoms with van der Waals surface area (Å²) in [5.41, 5.74) is 0.986. The molecule has 126 valence electrons. The van der Waals surface area contributed by atoms with Crippen LogP contribution in [0.4, 0.5) is 11.4 Å². The van der Waals surface area contributed by atoms with E-state index in [9.17, 15) is 14.9 Å². The minimum Gasteiger partial charge on any atom is -0.436 e. The number of carbonyl (C=O) groups is 1. The average molecular weight is 378 g/mol. The van der Waals surface area contributed by atoms with E-state index in [2.05, 4.69) is 10.3 Å². The maximum atomic E-state index is 11.4. The maximum absolute atomic E-state index is 11.4. The fraction of sp³-hybridized carbons (Fsp3) is 0. The standard InChI is InChI=1S/C16H9Cl2N3O4/c17-10-2-4-15-13(5-10)20-16(25-15)9(8-22)7-19-12-3-1-11(18)6-14(12)21(23)24/h1-8,19H/b9-7+. The van der Waals surface area contributed by atoms with Crippen molar-refractivity contribution in [2.24, 2.45) is 0 Å². The van der Waals surface area contributed by atoms with Crippen LogP contribution in [0.5, 0.6) is 0 Å². The van der Waals surface area contributed by atoms with Crippen molar-refractivity contribution in [3.8, 4) is 0 Å². The second kappa shape index (κ2) is 6.92. The lowest BCUT2D eigenvalue weighted by Gasteiger charge is -2.03. The summed E-state index contributed by atoms with van der Waals surface area (Å²) in [5, 5.41) is 14.5. The Labute approximate surface area is 151 Å². The van der Waals surface area contributed by atoms with E-state index < -0.39 is 4.92 Å². The van der Waals surface area contributed by atoms with Crippen molar-refractivity contribution in [2.45, 2.75) is 0 Å². The topological polar surface area (TPSA) is 98.3 Å². The van der Waals surface area contributed by atoms with E-state index in [1.54, 1.807) is 18.2 Å². The highest BCUT2D eigenvalue weighted by Gasteiger charge is 2.15. The van der Waals surface area contributed by atoms with Gasteiger partial charge in [0.15, 0.2) is 11.9 Å². The van der Waals surface area contributed by atoms with Crippen molar-refractivity contribution in [1.82, 2.24) is 4.98 Å². The quantitative estimate of drug-likeness (QED) is 0.299. The fourth-order valence-electron chi connectivity index (χ4n) is 2.10. The monoisotopic (exact) mass is 377 g/mol. The van der Waals surface area contributed by atoms with Gasteiger partial charge >= 0.3 is 0 Å². The summed E-state index contributed by atoms with van der Waals surface area (Å²) >= 11 is 11.7. The van der Waals surface area contributed by atoms with Crippen LogP contribution in [0.15, 0.2) is 47.0 Å². The Morgan fingerprint density at radius 3 is 2.64 bits per heavy atom. The molecule has 0 unspecified atom stereocenters. The fourth-order valence-corrected chi connectivity index (χ4v) is 2.44. The van der Waals surface area contributed by atoms with Crippen LogP contribution >= 0.6 is 23.2 Å². The van der Waals surface area contributed by atoms with Crippen molar-refractivity contribution in [1.29, 1.82) is 0 Å². The molecule has 9 heteroatoms. The number of nitro benzene ring substituents is 1. The van der Waals surface area contributed by atoms with Crippen molar-refractivity contribution in [3.05, 3.63) is 68.6 Å². The smallest absolute Gasteiger partial charge is 0.294 e. The van der Waals surface area contributed by atoms with Gasteiger partial charge in [0.1, 0.15) is 11.2 Å². The van der Waals surface area contributed by atoms with E-state index in [-0.39, 0.29) is 27.9 Å². The second-order valence-electron chi connectivity index (χ2n) is 4.91. The highest BCUT2D eigenvalue weighted by atomic mass is 35.5. The molecule has 1 aromatic heterocycles. The number of hydrogen-bond acceptors (Lipinski definition) is 6. The van der Waals surface area contributed by atoms with Gasteiger partial charge in [-0.1, -0.05) is 23.2 Å². The molecule has 2 aromatic carbocycles. The number of aromatic nitrogens is 1. The lowest BCUT2D eigenvalue weighted by Crippen LogP contribution is -1.98.